The predicted molar refractivity (Wildman–Crippen MR) is 64.0 cm³/mol. The summed E-state index contributed by atoms with van der Waals surface area (Å²) in [5.74, 6) is 0. The van der Waals surface area contributed by atoms with E-state index in [1.165, 1.54) is 30.5 Å². The quantitative estimate of drug-likeness (QED) is 0.680. The molecule has 0 spiro atoms. The molecule has 0 unspecified atom stereocenters. The molecule has 0 saturated carbocycles. The number of rotatable bonds is 2. The third-order valence-corrected chi connectivity index (χ3v) is 2.43. The Bertz CT molecular complexity index is 622. The summed E-state index contributed by atoms with van der Waals surface area (Å²) in [6.07, 6.45) is -2.02. The smallest absolute Gasteiger partial charge is 0.417 e. The number of nitrogens with zero attached hydrogens (tertiary/aromatic N) is 2. The van der Waals surface area contributed by atoms with Crippen LogP contribution in [0.25, 0.3) is 0 Å². The number of hydrogen-bond donors (Lipinski definition) is 1. The van der Waals surface area contributed by atoms with Crippen LogP contribution in [0, 0.1) is 5.21 Å². The van der Waals surface area contributed by atoms with E-state index in [-0.39, 0.29) is 11.3 Å². The fraction of sp³-hybridized carbons (Fsp3) is 0.167. The Kier molecular flexibility index (Phi) is 3.64. The Hall–Kier alpha value is -2.51. The van der Waals surface area contributed by atoms with Gasteiger partial charge in [-0.2, -0.15) is 17.7 Å². The molecule has 1 N–H and O–H groups in total. The molecule has 0 aliphatic heterocycles. The molecule has 106 valence electrons. The molecule has 0 bridgehead atoms. The van der Waals surface area contributed by atoms with Gasteiger partial charge in [-0.3, -0.25) is 5.32 Å². The first-order valence-electron chi connectivity index (χ1n) is 5.57. The highest BCUT2D eigenvalue weighted by Gasteiger charge is 2.27. The summed E-state index contributed by atoms with van der Waals surface area (Å²) in [5.41, 5.74) is 0.268. The Labute approximate surface area is 111 Å². The summed E-state index contributed by atoms with van der Waals surface area (Å²) < 4.78 is 38.2. The largest absolute Gasteiger partial charge is 0.711 e. The normalized spacial score (nSPS) is 11.3. The van der Waals surface area contributed by atoms with Crippen LogP contribution in [0.4, 0.5) is 23.7 Å². The van der Waals surface area contributed by atoms with Crippen LogP contribution in [0.15, 0.2) is 43.0 Å². The maximum Gasteiger partial charge on any atom is 0.417 e. The molecule has 5 nitrogen and oxygen atoms in total. The van der Waals surface area contributed by atoms with Crippen molar-refractivity contribution in [2.24, 2.45) is 0 Å². The summed E-state index contributed by atoms with van der Waals surface area (Å²) in [4.78, 5) is 11.7. The second-order valence-corrected chi connectivity index (χ2v) is 4.10. The van der Waals surface area contributed by atoms with E-state index in [0.29, 0.717) is 4.73 Å². The lowest BCUT2D eigenvalue weighted by Gasteiger charge is -2.08. The third-order valence-electron chi connectivity index (χ3n) is 2.43. The summed E-state index contributed by atoms with van der Waals surface area (Å²) in [6.45, 7) is 0. The van der Waals surface area contributed by atoms with Crippen molar-refractivity contribution >= 4 is 11.7 Å². The van der Waals surface area contributed by atoms with Gasteiger partial charge in [0.2, 0.25) is 0 Å². The number of hydrogen-bond acceptors (Lipinski definition) is 2. The van der Waals surface area contributed by atoms with Gasteiger partial charge < -0.3 is 5.21 Å². The van der Waals surface area contributed by atoms with Crippen molar-refractivity contribution < 1.29 is 22.7 Å². The molecule has 0 aliphatic carbocycles. The van der Waals surface area contributed by atoms with Gasteiger partial charge in [0.1, 0.15) is 12.4 Å². The van der Waals surface area contributed by atoms with Gasteiger partial charge in [-0.15, -0.1) is 0 Å². The topological polar surface area (TPSA) is 61.0 Å². The van der Waals surface area contributed by atoms with Crippen LogP contribution in [0.1, 0.15) is 5.56 Å². The van der Waals surface area contributed by atoms with Crippen LogP contribution in [0.5, 0.6) is 0 Å². The molecule has 1 aromatic carbocycles. The second-order valence-electron chi connectivity index (χ2n) is 4.10. The van der Waals surface area contributed by atoms with E-state index < -0.39 is 18.6 Å². The Morgan fingerprint density at radius 1 is 1.40 bits per heavy atom. The molecule has 1 amide bonds. The van der Waals surface area contributed by atoms with Crippen molar-refractivity contribution in [3.05, 3.63) is 53.8 Å². The maximum absolute atomic E-state index is 12.3. The summed E-state index contributed by atoms with van der Waals surface area (Å²) in [7, 11) is 0. The molecule has 1 heterocycles. The van der Waals surface area contributed by atoms with Crippen LogP contribution in [0.3, 0.4) is 0 Å². The van der Waals surface area contributed by atoms with E-state index in [0.717, 1.165) is 17.1 Å². The molecule has 1 aromatic heterocycles. The molecule has 20 heavy (non-hydrogen) atoms. The highest BCUT2D eigenvalue weighted by molar-refractivity contribution is 5.90. The number of carbonyl (C=O) groups is 1. The molecular formula is C12H10F3N3O2. The van der Waals surface area contributed by atoms with E-state index in [4.69, 9.17) is 0 Å². The van der Waals surface area contributed by atoms with Crippen molar-refractivity contribution in [2.45, 2.75) is 12.6 Å². The average Bonchev–Trinajstić information content (AvgIpc) is 2.74. The van der Waals surface area contributed by atoms with Gasteiger partial charge in [0.15, 0.2) is 0 Å². The van der Waals surface area contributed by atoms with Crippen LogP contribution < -0.4 is 10.0 Å². The monoisotopic (exact) mass is 285 g/mol. The number of amides is 1. The van der Waals surface area contributed by atoms with Gasteiger partial charge in [0, 0.05) is 5.69 Å². The zero-order valence-electron chi connectivity index (χ0n) is 10.1. The lowest BCUT2D eigenvalue weighted by molar-refractivity contribution is -0.604. The number of nitrogens with one attached hydrogen (secondary N) is 1. The fourth-order valence-corrected chi connectivity index (χ4v) is 1.64. The Balaban J connectivity index is 2.10. The fourth-order valence-electron chi connectivity index (χ4n) is 1.64. The highest BCUT2D eigenvalue weighted by Crippen LogP contribution is 2.22. The molecule has 0 aliphatic rings. The lowest BCUT2D eigenvalue weighted by atomic mass is 10.1. The number of carbonyl (C=O) groups excluding carboxylic acids is 1. The number of anilines is 1. The SMILES string of the molecule is O=C(Nc1cccc(CC(F)(F)F)c1)n1cc[n+]([O-])c1. The zero-order chi connectivity index (χ0) is 14.8. The molecule has 0 radical (unpaired) electrons. The number of aromatic nitrogens is 2. The van der Waals surface area contributed by atoms with E-state index in [9.17, 15) is 23.2 Å². The predicted octanol–water partition coefficient (Wildman–Crippen LogP) is 2.31. The molecular weight excluding hydrogens is 275 g/mol. The minimum atomic E-state index is -4.31. The summed E-state index contributed by atoms with van der Waals surface area (Å²) in [5, 5.41) is 13.3. The van der Waals surface area contributed by atoms with Crippen molar-refractivity contribution in [1.29, 1.82) is 0 Å². The van der Waals surface area contributed by atoms with E-state index in [1.54, 1.807) is 0 Å². The third kappa shape index (κ3) is 3.74. The second kappa shape index (κ2) is 5.24. The van der Waals surface area contributed by atoms with Crippen LogP contribution in [-0.2, 0) is 6.42 Å². The minimum Gasteiger partial charge on any atom is -0.711 e. The highest BCUT2D eigenvalue weighted by atomic mass is 19.4. The number of alkyl halides is 3. The molecule has 0 atom stereocenters. The number of benzene rings is 1. The Morgan fingerprint density at radius 2 is 2.15 bits per heavy atom. The van der Waals surface area contributed by atoms with Gasteiger partial charge >= 0.3 is 12.2 Å². The maximum atomic E-state index is 12.3. The van der Waals surface area contributed by atoms with Gasteiger partial charge in [-0.1, -0.05) is 12.1 Å². The lowest BCUT2D eigenvalue weighted by Crippen LogP contribution is -2.25. The van der Waals surface area contributed by atoms with Crippen LogP contribution in [-0.4, -0.2) is 16.8 Å². The van der Waals surface area contributed by atoms with Gasteiger partial charge in [0.25, 0.3) is 6.33 Å². The van der Waals surface area contributed by atoms with Gasteiger partial charge in [0.05, 0.1) is 6.42 Å². The first-order valence-corrected chi connectivity index (χ1v) is 5.57. The average molecular weight is 285 g/mol. The standard InChI is InChI=1S/C12H10F3N3O2/c13-12(14,15)7-9-2-1-3-10(6-9)16-11(19)17-4-5-18(20)8-17/h1-6,8H,7H2,(H,16,19). The molecule has 2 rings (SSSR count). The minimum absolute atomic E-state index is 0.0432. The van der Waals surface area contributed by atoms with Crippen molar-refractivity contribution in [2.75, 3.05) is 5.32 Å². The van der Waals surface area contributed by atoms with Gasteiger partial charge in [-0.25, -0.2) is 9.52 Å². The number of halogens is 3. The van der Waals surface area contributed by atoms with E-state index in [2.05, 4.69) is 5.32 Å². The molecule has 8 heteroatoms. The molecule has 0 fully saturated rings. The number of imidazole rings is 1. The van der Waals surface area contributed by atoms with Crippen molar-refractivity contribution in [3.63, 3.8) is 0 Å². The summed E-state index contributed by atoms with van der Waals surface area (Å²) >= 11 is 0. The van der Waals surface area contributed by atoms with E-state index in [1.807, 2.05) is 0 Å². The zero-order valence-corrected chi connectivity index (χ0v) is 10.1. The molecule has 0 saturated heterocycles. The van der Waals surface area contributed by atoms with Crippen LogP contribution >= 0.6 is 0 Å². The van der Waals surface area contributed by atoms with Crippen molar-refractivity contribution in [1.82, 2.24) is 4.57 Å². The van der Waals surface area contributed by atoms with E-state index >= 15 is 0 Å². The first-order chi connectivity index (χ1) is 9.33. The van der Waals surface area contributed by atoms with Crippen LogP contribution in [0.2, 0.25) is 0 Å². The summed E-state index contributed by atoms with van der Waals surface area (Å²) in [6, 6.07) is 4.81. The Morgan fingerprint density at radius 3 is 2.75 bits per heavy atom. The molecule has 2 aromatic rings. The van der Waals surface area contributed by atoms with Crippen molar-refractivity contribution in [3.8, 4) is 0 Å². The first kappa shape index (κ1) is 13.9. The van der Waals surface area contributed by atoms with Gasteiger partial charge in [-0.05, 0) is 17.7 Å².